The lowest BCUT2D eigenvalue weighted by Gasteiger charge is -2.07. The molecule has 0 spiro atoms. The maximum absolute atomic E-state index is 11.9. The van der Waals surface area contributed by atoms with E-state index >= 15 is 0 Å². The Morgan fingerprint density at radius 1 is 1.11 bits per heavy atom. The van der Waals surface area contributed by atoms with Crippen LogP contribution in [0.25, 0.3) is 11.4 Å². The van der Waals surface area contributed by atoms with Crippen LogP contribution in [0.2, 0.25) is 0 Å². The van der Waals surface area contributed by atoms with Crippen molar-refractivity contribution in [2.45, 2.75) is 20.5 Å². The number of hydrogen-bond donors (Lipinski definition) is 0. The summed E-state index contributed by atoms with van der Waals surface area (Å²) in [5.74, 6) is 1.28. The molecular weight excluding hydrogens is 348 g/mol. The van der Waals surface area contributed by atoms with Gasteiger partial charge in [-0.25, -0.2) is 4.79 Å². The molecule has 3 aromatic rings. The molecule has 7 nitrogen and oxygen atoms in total. The molecule has 3 rings (SSSR count). The third-order valence-electron chi connectivity index (χ3n) is 4.01. The second kappa shape index (κ2) is 8.35. The van der Waals surface area contributed by atoms with Crippen LogP contribution in [0.4, 0.5) is 0 Å². The molecule has 0 fully saturated rings. The summed E-state index contributed by atoms with van der Waals surface area (Å²) in [5, 5.41) is 3.90. The average Bonchev–Trinajstić information content (AvgIpc) is 3.16. The molecule has 0 unspecified atom stereocenters. The second-order valence-electron chi connectivity index (χ2n) is 5.91. The number of carbonyl (C=O) groups is 1. The topological polar surface area (TPSA) is 83.7 Å². The smallest absolute Gasteiger partial charge is 0.344 e. The van der Waals surface area contributed by atoms with Crippen LogP contribution in [0.5, 0.6) is 11.5 Å². The van der Waals surface area contributed by atoms with Crippen molar-refractivity contribution in [1.29, 1.82) is 0 Å². The Hall–Kier alpha value is -3.35. The molecule has 140 valence electrons. The molecule has 0 aliphatic rings. The van der Waals surface area contributed by atoms with Crippen molar-refractivity contribution in [2.75, 3.05) is 13.7 Å². The first kappa shape index (κ1) is 18.4. The minimum absolute atomic E-state index is 0.128. The fourth-order valence-corrected chi connectivity index (χ4v) is 2.38. The highest BCUT2D eigenvalue weighted by molar-refractivity contribution is 5.71. The van der Waals surface area contributed by atoms with Gasteiger partial charge in [-0.3, -0.25) is 0 Å². The normalized spacial score (nSPS) is 10.5. The number of aromatic nitrogens is 2. The molecule has 1 heterocycles. The van der Waals surface area contributed by atoms with Gasteiger partial charge in [-0.05, 0) is 49.2 Å². The molecule has 0 saturated carbocycles. The maximum Gasteiger partial charge on any atom is 0.344 e. The van der Waals surface area contributed by atoms with Gasteiger partial charge < -0.3 is 18.7 Å². The van der Waals surface area contributed by atoms with Gasteiger partial charge in [-0.15, -0.1) is 0 Å². The van der Waals surface area contributed by atoms with Crippen molar-refractivity contribution in [3.8, 4) is 22.9 Å². The first-order valence-corrected chi connectivity index (χ1v) is 8.38. The summed E-state index contributed by atoms with van der Waals surface area (Å²) in [7, 11) is 1.57. The zero-order valence-corrected chi connectivity index (χ0v) is 15.4. The molecule has 0 aliphatic carbocycles. The molecule has 0 aliphatic heterocycles. The Kier molecular flexibility index (Phi) is 5.71. The zero-order valence-electron chi connectivity index (χ0n) is 15.4. The zero-order chi connectivity index (χ0) is 19.2. The quantitative estimate of drug-likeness (QED) is 0.590. The van der Waals surface area contributed by atoms with E-state index in [0.29, 0.717) is 22.9 Å². The number of hydrogen-bond acceptors (Lipinski definition) is 7. The van der Waals surface area contributed by atoms with Crippen molar-refractivity contribution >= 4 is 5.97 Å². The van der Waals surface area contributed by atoms with E-state index in [1.165, 1.54) is 0 Å². The SMILES string of the molecule is COc1ccccc1-c1noc(COC(=O)COc2ccc(C)c(C)c2)n1. The van der Waals surface area contributed by atoms with Crippen molar-refractivity contribution in [2.24, 2.45) is 0 Å². The van der Waals surface area contributed by atoms with Crippen LogP contribution >= 0.6 is 0 Å². The summed E-state index contributed by atoms with van der Waals surface area (Å²) in [4.78, 5) is 16.1. The number of esters is 1. The molecule has 0 atom stereocenters. The van der Waals surface area contributed by atoms with Gasteiger partial charge >= 0.3 is 5.97 Å². The van der Waals surface area contributed by atoms with E-state index < -0.39 is 5.97 Å². The Morgan fingerprint density at radius 3 is 2.70 bits per heavy atom. The van der Waals surface area contributed by atoms with E-state index in [2.05, 4.69) is 10.1 Å². The molecular formula is C20H20N2O5. The molecule has 0 radical (unpaired) electrons. The first-order chi connectivity index (χ1) is 13.1. The van der Waals surface area contributed by atoms with Gasteiger partial charge in [0.05, 0.1) is 12.7 Å². The highest BCUT2D eigenvalue weighted by Gasteiger charge is 2.14. The van der Waals surface area contributed by atoms with Crippen LogP contribution < -0.4 is 9.47 Å². The van der Waals surface area contributed by atoms with Gasteiger partial charge in [0.15, 0.2) is 13.2 Å². The molecule has 0 amide bonds. The lowest BCUT2D eigenvalue weighted by atomic mass is 10.1. The minimum atomic E-state index is -0.523. The first-order valence-electron chi connectivity index (χ1n) is 8.38. The average molecular weight is 368 g/mol. The Labute approximate surface area is 156 Å². The van der Waals surface area contributed by atoms with Crippen LogP contribution in [0.3, 0.4) is 0 Å². The van der Waals surface area contributed by atoms with Crippen LogP contribution in [0.1, 0.15) is 17.0 Å². The molecule has 1 aromatic heterocycles. The number of benzene rings is 2. The predicted octanol–water partition coefficient (Wildman–Crippen LogP) is 3.48. The third-order valence-corrected chi connectivity index (χ3v) is 4.01. The fourth-order valence-electron chi connectivity index (χ4n) is 2.38. The van der Waals surface area contributed by atoms with Crippen molar-refractivity contribution in [1.82, 2.24) is 10.1 Å². The lowest BCUT2D eigenvalue weighted by Crippen LogP contribution is -2.15. The number of para-hydroxylation sites is 1. The van der Waals surface area contributed by atoms with E-state index in [1.54, 1.807) is 13.2 Å². The fraction of sp³-hybridized carbons (Fsp3) is 0.250. The standard InChI is InChI=1S/C20H20N2O5/c1-13-8-9-15(10-14(13)2)25-12-19(23)26-11-18-21-20(22-27-18)16-6-4-5-7-17(16)24-3/h4-10H,11-12H2,1-3H3. The summed E-state index contributed by atoms with van der Waals surface area (Å²) < 4.78 is 21.0. The number of nitrogens with zero attached hydrogens (tertiary/aromatic N) is 2. The summed E-state index contributed by atoms with van der Waals surface area (Å²) in [5.41, 5.74) is 2.95. The summed E-state index contributed by atoms with van der Waals surface area (Å²) in [6.45, 7) is 3.67. The Bertz CT molecular complexity index is 936. The molecule has 0 N–H and O–H groups in total. The van der Waals surface area contributed by atoms with Gasteiger partial charge in [-0.1, -0.05) is 23.4 Å². The molecule has 0 bridgehead atoms. The van der Waals surface area contributed by atoms with Crippen LogP contribution in [0.15, 0.2) is 47.0 Å². The van der Waals surface area contributed by atoms with Gasteiger partial charge in [0, 0.05) is 0 Å². The summed E-state index contributed by atoms with van der Waals surface area (Å²) in [6, 6.07) is 12.9. The van der Waals surface area contributed by atoms with Crippen molar-refractivity contribution in [3.63, 3.8) is 0 Å². The number of ether oxygens (including phenoxy) is 3. The lowest BCUT2D eigenvalue weighted by molar-refractivity contribution is -0.148. The number of carbonyl (C=O) groups excluding carboxylic acids is 1. The number of aryl methyl sites for hydroxylation is 2. The van der Waals surface area contributed by atoms with Crippen molar-refractivity contribution in [3.05, 3.63) is 59.5 Å². The highest BCUT2D eigenvalue weighted by atomic mass is 16.6. The van der Waals surface area contributed by atoms with E-state index in [-0.39, 0.29) is 19.1 Å². The minimum Gasteiger partial charge on any atom is -0.496 e. The number of methoxy groups -OCH3 is 1. The second-order valence-corrected chi connectivity index (χ2v) is 5.91. The molecule has 7 heteroatoms. The summed E-state index contributed by atoms with van der Waals surface area (Å²) >= 11 is 0. The molecule has 0 saturated heterocycles. The third kappa shape index (κ3) is 4.63. The van der Waals surface area contributed by atoms with Gasteiger partial charge in [-0.2, -0.15) is 4.98 Å². The predicted molar refractivity (Wildman–Crippen MR) is 97.5 cm³/mol. The van der Waals surface area contributed by atoms with Gasteiger partial charge in [0.2, 0.25) is 5.82 Å². The largest absolute Gasteiger partial charge is 0.496 e. The molecule has 27 heavy (non-hydrogen) atoms. The van der Waals surface area contributed by atoms with E-state index in [9.17, 15) is 4.79 Å². The van der Waals surface area contributed by atoms with Crippen molar-refractivity contribution < 1.29 is 23.5 Å². The number of rotatable bonds is 7. The van der Waals surface area contributed by atoms with E-state index in [1.807, 2.05) is 50.2 Å². The monoisotopic (exact) mass is 368 g/mol. The Balaban J connectivity index is 1.53. The maximum atomic E-state index is 11.9. The van der Waals surface area contributed by atoms with Crippen LogP contribution in [0, 0.1) is 13.8 Å². The van der Waals surface area contributed by atoms with Crippen LogP contribution in [-0.2, 0) is 16.1 Å². The van der Waals surface area contributed by atoms with Gasteiger partial charge in [0.1, 0.15) is 11.5 Å². The Morgan fingerprint density at radius 2 is 1.93 bits per heavy atom. The molecule has 2 aromatic carbocycles. The summed E-state index contributed by atoms with van der Waals surface area (Å²) in [6.07, 6.45) is 0. The highest BCUT2D eigenvalue weighted by Crippen LogP contribution is 2.27. The van der Waals surface area contributed by atoms with E-state index in [4.69, 9.17) is 18.7 Å². The van der Waals surface area contributed by atoms with E-state index in [0.717, 1.165) is 11.1 Å². The van der Waals surface area contributed by atoms with Crippen LogP contribution in [-0.4, -0.2) is 29.8 Å². The van der Waals surface area contributed by atoms with Gasteiger partial charge in [0.25, 0.3) is 5.89 Å².